The SMILES string of the molecule is Ic1cnn(C2CCN(CC3CC3)CC2)c1. The first-order chi connectivity index (χ1) is 7.81. The number of nitrogens with zero attached hydrogens (tertiary/aromatic N) is 3. The second-order valence-corrected chi connectivity index (χ2v) is 6.36. The normalized spacial score (nSPS) is 23.8. The maximum atomic E-state index is 4.43. The van der Waals surface area contributed by atoms with Crippen molar-refractivity contribution in [2.45, 2.75) is 31.7 Å². The summed E-state index contributed by atoms with van der Waals surface area (Å²) in [6, 6.07) is 0.638. The molecule has 0 amide bonds. The molecule has 88 valence electrons. The van der Waals surface area contributed by atoms with Gasteiger partial charge in [-0.3, -0.25) is 4.68 Å². The van der Waals surface area contributed by atoms with Crippen LogP contribution in [-0.2, 0) is 0 Å². The highest BCUT2D eigenvalue weighted by Gasteiger charge is 2.27. The molecular formula is C12H18IN3. The minimum atomic E-state index is 0.638. The molecule has 1 aliphatic heterocycles. The van der Waals surface area contributed by atoms with Crippen LogP contribution in [0.2, 0.25) is 0 Å². The summed E-state index contributed by atoms with van der Waals surface area (Å²) in [7, 11) is 0. The van der Waals surface area contributed by atoms with Gasteiger partial charge in [0.1, 0.15) is 0 Å². The molecule has 0 aromatic carbocycles. The third-order valence-electron chi connectivity index (χ3n) is 3.71. The fourth-order valence-corrected chi connectivity index (χ4v) is 2.96. The summed E-state index contributed by atoms with van der Waals surface area (Å²) in [5.74, 6) is 1.03. The quantitative estimate of drug-likeness (QED) is 0.794. The Morgan fingerprint density at radius 2 is 2.00 bits per heavy atom. The molecule has 1 aliphatic carbocycles. The van der Waals surface area contributed by atoms with E-state index in [9.17, 15) is 0 Å². The topological polar surface area (TPSA) is 21.1 Å². The van der Waals surface area contributed by atoms with E-state index in [2.05, 4.69) is 43.5 Å². The van der Waals surface area contributed by atoms with Gasteiger partial charge in [0.05, 0.1) is 15.8 Å². The molecule has 0 atom stereocenters. The molecule has 1 aromatic rings. The molecule has 0 radical (unpaired) electrons. The predicted octanol–water partition coefficient (Wildman–Crippen LogP) is 2.53. The first kappa shape index (κ1) is 11.0. The predicted molar refractivity (Wildman–Crippen MR) is 72.4 cm³/mol. The highest BCUT2D eigenvalue weighted by atomic mass is 127. The highest BCUT2D eigenvalue weighted by Crippen LogP contribution is 2.31. The van der Waals surface area contributed by atoms with Crippen molar-refractivity contribution >= 4 is 22.6 Å². The second-order valence-electron chi connectivity index (χ2n) is 5.11. The summed E-state index contributed by atoms with van der Waals surface area (Å²) in [6.45, 7) is 3.87. The maximum Gasteiger partial charge on any atom is 0.0623 e. The monoisotopic (exact) mass is 331 g/mol. The van der Waals surface area contributed by atoms with Crippen LogP contribution in [0, 0.1) is 9.49 Å². The van der Waals surface area contributed by atoms with E-state index in [0.717, 1.165) is 5.92 Å². The summed E-state index contributed by atoms with van der Waals surface area (Å²) < 4.78 is 3.41. The molecule has 16 heavy (non-hydrogen) atoms. The van der Waals surface area contributed by atoms with Crippen LogP contribution < -0.4 is 0 Å². The van der Waals surface area contributed by atoms with Crippen LogP contribution in [0.3, 0.4) is 0 Å². The second kappa shape index (κ2) is 4.64. The fraction of sp³-hybridized carbons (Fsp3) is 0.750. The van der Waals surface area contributed by atoms with Crippen LogP contribution in [0.25, 0.3) is 0 Å². The van der Waals surface area contributed by atoms with Crippen molar-refractivity contribution < 1.29 is 0 Å². The first-order valence-electron chi connectivity index (χ1n) is 6.23. The van der Waals surface area contributed by atoms with Gasteiger partial charge in [0, 0.05) is 25.8 Å². The Hall–Kier alpha value is -0.100. The van der Waals surface area contributed by atoms with Crippen LogP contribution in [0.5, 0.6) is 0 Å². The number of piperidine rings is 1. The lowest BCUT2D eigenvalue weighted by molar-refractivity contribution is 0.174. The average Bonchev–Trinajstić information content (AvgIpc) is 3.00. The number of likely N-dealkylation sites (tertiary alicyclic amines) is 1. The van der Waals surface area contributed by atoms with Crippen LogP contribution in [0.15, 0.2) is 12.4 Å². The number of hydrogen-bond acceptors (Lipinski definition) is 2. The van der Waals surface area contributed by atoms with E-state index in [4.69, 9.17) is 0 Å². The molecule has 3 rings (SSSR count). The summed E-state index contributed by atoms with van der Waals surface area (Å²) in [5.41, 5.74) is 0. The highest BCUT2D eigenvalue weighted by molar-refractivity contribution is 14.1. The Bertz CT molecular complexity index is 351. The van der Waals surface area contributed by atoms with E-state index in [0.29, 0.717) is 6.04 Å². The number of hydrogen-bond donors (Lipinski definition) is 0. The standard InChI is InChI=1S/C12H18IN3/c13-11-7-14-16(9-11)12-3-5-15(6-4-12)8-10-1-2-10/h7,9-10,12H,1-6,8H2. The smallest absolute Gasteiger partial charge is 0.0623 e. The molecule has 0 unspecified atom stereocenters. The lowest BCUT2D eigenvalue weighted by Gasteiger charge is -2.32. The van der Waals surface area contributed by atoms with Gasteiger partial charge in [0.2, 0.25) is 0 Å². The minimum Gasteiger partial charge on any atom is -0.303 e. The zero-order valence-electron chi connectivity index (χ0n) is 9.48. The van der Waals surface area contributed by atoms with Gasteiger partial charge in [-0.15, -0.1) is 0 Å². The molecule has 0 bridgehead atoms. The molecule has 1 saturated heterocycles. The number of rotatable bonds is 3. The zero-order valence-corrected chi connectivity index (χ0v) is 11.6. The van der Waals surface area contributed by atoms with Gasteiger partial charge in [-0.25, -0.2) is 0 Å². The first-order valence-corrected chi connectivity index (χ1v) is 7.31. The van der Waals surface area contributed by atoms with Crippen LogP contribution in [0.1, 0.15) is 31.7 Å². The molecule has 0 spiro atoms. The molecule has 2 fully saturated rings. The third-order valence-corrected chi connectivity index (χ3v) is 4.27. The largest absolute Gasteiger partial charge is 0.303 e. The summed E-state index contributed by atoms with van der Waals surface area (Å²) >= 11 is 2.33. The summed E-state index contributed by atoms with van der Waals surface area (Å²) in [4.78, 5) is 2.64. The molecular weight excluding hydrogens is 313 g/mol. The van der Waals surface area contributed by atoms with Gasteiger partial charge in [0.15, 0.2) is 0 Å². The van der Waals surface area contributed by atoms with Gasteiger partial charge in [-0.2, -0.15) is 5.10 Å². The van der Waals surface area contributed by atoms with Gasteiger partial charge in [0.25, 0.3) is 0 Å². The molecule has 2 heterocycles. The van der Waals surface area contributed by atoms with E-state index in [1.165, 1.54) is 48.9 Å². The Labute approximate surface area is 110 Å². The Balaban J connectivity index is 1.53. The Morgan fingerprint density at radius 3 is 2.56 bits per heavy atom. The van der Waals surface area contributed by atoms with Crippen molar-refractivity contribution in [3.63, 3.8) is 0 Å². The van der Waals surface area contributed by atoms with Crippen molar-refractivity contribution in [2.24, 2.45) is 5.92 Å². The summed E-state index contributed by atoms with van der Waals surface area (Å²) in [5, 5.41) is 4.43. The van der Waals surface area contributed by atoms with E-state index in [-0.39, 0.29) is 0 Å². The Morgan fingerprint density at radius 1 is 1.25 bits per heavy atom. The van der Waals surface area contributed by atoms with E-state index >= 15 is 0 Å². The zero-order chi connectivity index (χ0) is 11.0. The minimum absolute atomic E-state index is 0.638. The maximum absolute atomic E-state index is 4.43. The lowest BCUT2D eigenvalue weighted by atomic mass is 10.1. The van der Waals surface area contributed by atoms with Crippen LogP contribution in [-0.4, -0.2) is 34.3 Å². The van der Waals surface area contributed by atoms with Crippen molar-refractivity contribution in [1.29, 1.82) is 0 Å². The van der Waals surface area contributed by atoms with E-state index in [1.807, 2.05) is 6.20 Å². The van der Waals surface area contributed by atoms with Crippen LogP contribution >= 0.6 is 22.6 Å². The molecule has 0 N–H and O–H groups in total. The van der Waals surface area contributed by atoms with Gasteiger partial charge < -0.3 is 4.90 Å². The third kappa shape index (κ3) is 2.59. The van der Waals surface area contributed by atoms with E-state index < -0.39 is 0 Å². The van der Waals surface area contributed by atoms with Gasteiger partial charge in [-0.05, 0) is 54.2 Å². The lowest BCUT2D eigenvalue weighted by Crippen LogP contribution is -2.36. The average molecular weight is 331 g/mol. The van der Waals surface area contributed by atoms with Crippen molar-refractivity contribution in [2.75, 3.05) is 19.6 Å². The Kier molecular flexibility index (Phi) is 3.20. The molecule has 1 saturated carbocycles. The molecule has 1 aromatic heterocycles. The van der Waals surface area contributed by atoms with Crippen molar-refractivity contribution in [1.82, 2.24) is 14.7 Å². The van der Waals surface area contributed by atoms with Crippen LogP contribution in [0.4, 0.5) is 0 Å². The summed E-state index contributed by atoms with van der Waals surface area (Å²) in [6.07, 6.45) is 9.60. The molecule has 2 aliphatic rings. The molecule has 4 heteroatoms. The molecule has 3 nitrogen and oxygen atoms in total. The van der Waals surface area contributed by atoms with Crippen molar-refractivity contribution in [3.05, 3.63) is 16.0 Å². The van der Waals surface area contributed by atoms with Gasteiger partial charge >= 0.3 is 0 Å². The number of halogens is 1. The van der Waals surface area contributed by atoms with E-state index in [1.54, 1.807) is 0 Å². The van der Waals surface area contributed by atoms with Crippen molar-refractivity contribution in [3.8, 4) is 0 Å². The fourth-order valence-electron chi connectivity index (χ4n) is 2.55. The van der Waals surface area contributed by atoms with Gasteiger partial charge in [-0.1, -0.05) is 0 Å². The number of aromatic nitrogens is 2.